The summed E-state index contributed by atoms with van der Waals surface area (Å²) in [5, 5.41) is 38.7. The van der Waals surface area contributed by atoms with Crippen molar-refractivity contribution in [3.05, 3.63) is 35.4 Å². The molecule has 0 aromatic heterocycles. The molecule has 61 heavy (non-hydrogen) atoms. The summed E-state index contributed by atoms with van der Waals surface area (Å²) in [6.45, 7) is 5.29. The Labute approximate surface area is 372 Å². The molecule has 6 unspecified atom stereocenters. The number of hydrogen-bond acceptors (Lipinski definition) is 9. The number of amides is 3. The normalized spacial score (nSPS) is 22.4. The van der Waals surface area contributed by atoms with Crippen molar-refractivity contribution >= 4 is 53.2 Å². The average molecular weight is 881 g/mol. The lowest BCUT2D eigenvalue weighted by Gasteiger charge is -2.23. The van der Waals surface area contributed by atoms with Crippen molar-refractivity contribution in [2.24, 2.45) is 0 Å². The Hall–Kier alpha value is -3.65. The second-order valence-corrected chi connectivity index (χ2v) is 19.4. The third-order valence-electron chi connectivity index (χ3n) is 12.0. The van der Waals surface area contributed by atoms with E-state index in [-0.39, 0.29) is 24.3 Å². The molecular weight excluding hydrogens is 809 g/mol. The van der Waals surface area contributed by atoms with Crippen molar-refractivity contribution in [2.45, 2.75) is 144 Å². The van der Waals surface area contributed by atoms with E-state index < -0.39 is 0 Å². The number of nitrogens with zero attached hydrogens (tertiary/aromatic N) is 1. The van der Waals surface area contributed by atoms with Crippen molar-refractivity contribution in [2.75, 3.05) is 57.4 Å². The Morgan fingerprint density at radius 3 is 1.74 bits per heavy atom. The lowest BCUT2D eigenvalue weighted by molar-refractivity contribution is -0.122. The molecule has 0 saturated carbocycles. The van der Waals surface area contributed by atoms with Gasteiger partial charge in [-0.1, -0.05) is 56.6 Å². The van der Waals surface area contributed by atoms with Crippen LogP contribution in [0, 0.1) is 23.2 Å². The van der Waals surface area contributed by atoms with E-state index >= 15 is 0 Å². The van der Waals surface area contributed by atoms with E-state index in [0.717, 1.165) is 134 Å². The van der Waals surface area contributed by atoms with E-state index in [0.29, 0.717) is 78.1 Å². The highest BCUT2D eigenvalue weighted by Crippen LogP contribution is 2.34. The van der Waals surface area contributed by atoms with Gasteiger partial charge in [-0.15, -0.1) is 6.42 Å². The number of guanidine groups is 2. The first-order valence-electron chi connectivity index (χ1n) is 22.9. The summed E-state index contributed by atoms with van der Waals surface area (Å²) in [7, 11) is 0. The van der Waals surface area contributed by atoms with Gasteiger partial charge in [-0.2, -0.15) is 23.5 Å². The SMILES string of the molecule is C#CCOCCNC(=O)c1ccc(CN(CCCCCCNC(=O)CCCCC2SCC3NC(=N)NC32)CCCCCCNC(=O)CCCCC2SCC3NC(=N)NC32)cc1. The van der Waals surface area contributed by atoms with E-state index in [1.54, 1.807) is 0 Å². The highest BCUT2D eigenvalue weighted by molar-refractivity contribution is 8.00. The standard InChI is InChI=1S/C45H72N10O4S2/c1-2-28-59-29-25-50-43(58)34-21-19-33(20-22-34)30-55(26-13-5-3-11-23-48-39(56)17-9-7-15-37-41-35(31-60-37)51-44(46)53-41)27-14-6-4-12-24-49-40(57)18-10-8-16-38-42-36(32-61-38)52-45(47)54-42/h1,19-22,35-38,41-42H,3-18,23-32H2,(H,48,56)(H,49,57)(H,50,58)(H3,46,51,53)(H3,47,52,54). The number of benzene rings is 1. The molecule has 1 aromatic rings. The predicted molar refractivity (Wildman–Crippen MR) is 249 cm³/mol. The van der Waals surface area contributed by atoms with E-state index in [1.165, 1.54) is 5.56 Å². The molecule has 14 nitrogen and oxygen atoms in total. The van der Waals surface area contributed by atoms with E-state index in [2.05, 4.69) is 48.0 Å². The van der Waals surface area contributed by atoms with Gasteiger partial charge in [0.15, 0.2) is 11.9 Å². The van der Waals surface area contributed by atoms with Gasteiger partial charge in [0.1, 0.15) is 6.61 Å². The van der Waals surface area contributed by atoms with Crippen LogP contribution in [0.1, 0.15) is 119 Å². The predicted octanol–water partition coefficient (Wildman–Crippen LogP) is 4.30. The topological polar surface area (TPSA) is 196 Å². The van der Waals surface area contributed by atoms with Crippen LogP contribution in [-0.2, 0) is 20.9 Å². The van der Waals surface area contributed by atoms with Gasteiger partial charge in [0.2, 0.25) is 11.8 Å². The van der Waals surface area contributed by atoms with Gasteiger partial charge < -0.3 is 42.0 Å². The molecule has 4 aliphatic heterocycles. The number of unbranched alkanes of at least 4 members (excludes halogenated alkanes) is 8. The summed E-state index contributed by atoms with van der Waals surface area (Å²) in [5.41, 5.74) is 1.80. The Balaban J connectivity index is 0.917. The second kappa shape index (κ2) is 27.4. The van der Waals surface area contributed by atoms with E-state index in [9.17, 15) is 14.4 Å². The zero-order chi connectivity index (χ0) is 43.1. The number of thioether (sulfide) groups is 2. The Morgan fingerprint density at radius 2 is 1.21 bits per heavy atom. The highest BCUT2D eigenvalue weighted by Gasteiger charge is 2.42. The fraction of sp³-hybridized carbons (Fsp3) is 0.711. The number of carbonyl (C=O) groups is 3. The quantitative estimate of drug-likeness (QED) is 0.0381. The van der Waals surface area contributed by atoms with Gasteiger partial charge in [0.25, 0.3) is 5.91 Å². The summed E-state index contributed by atoms with van der Waals surface area (Å²) in [6.07, 6.45) is 20.9. The van der Waals surface area contributed by atoms with Gasteiger partial charge in [-0.25, -0.2) is 0 Å². The fourth-order valence-corrected chi connectivity index (χ4v) is 11.7. The maximum Gasteiger partial charge on any atom is 0.251 e. The molecule has 0 aliphatic carbocycles. The number of nitrogens with one attached hydrogen (secondary N) is 9. The smallest absolute Gasteiger partial charge is 0.251 e. The number of ether oxygens (including phenoxy) is 1. The maximum atomic E-state index is 12.6. The van der Waals surface area contributed by atoms with Crippen LogP contribution in [0.2, 0.25) is 0 Å². The minimum Gasteiger partial charge on any atom is -0.367 e. The number of rotatable bonds is 31. The fourth-order valence-electron chi connectivity index (χ4n) is 8.63. The van der Waals surface area contributed by atoms with Crippen LogP contribution in [0.4, 0.5) is 0 Å². The summed E-state index contributed by atoms with van der Waals surface area (Å²) >= 11 is 3.95. The first-order chi connectivity index (χ1) is 29.8. The lowest BCUT2D eigenvalue weighted by atomic mass is 10.0. The summed E-state index contributed by atoms with van der Waals surface area (Å²) in [5.74, 6) is 5.58. The zero-order valence-electron chi connectivity index (χ0n) is 36.1. The molecule has 1 aromatic carbocycles. The van der Waals surface area contributed by atoms with Crippen molar-refractivity contribution in [1.82, 2.24) is 42.1 Å². The number of fused-ring (bicyclic) bond motifs is 2. The van der Waals surface area contributed by atoms with Crippen LogP contribution in [0.15, 0.2) is 24.3 Å². The van der Waals surface area contributed by atoms with Crippen LogP contribution < -0.4 is 37.2 Å². The molecule has 0 spiro atoms. The third-order valence-corrected chi connectivity index (χ3v) is 15.0. The molecule has 0 bridgehead atoms. The van der Waals surface area contributed by atoms with Gasteiger partial charge in [-0.3, -0.25) is 30.1 Å². The van der Waals surface area contributed by atoms with Gasteiger partial charge in [0.05, 0.1) is 30.8 Å². The largest absolute Gasteiger partial charge is 0.367 e. The van der Waals surface area contributed by atoms with E-state index in [1.807, 2.05) is 47.8 Å². The van der Waals surface area contributed by atoms with Crippen molar-refractivity contribution in [1.29, 1.82) is 10.8 Å². The molecule has 3 amide bonds. The van der Waals surface area contributed by atoms with Crippen LogP contribution in [0.25, 0.3) is 0 Å². The summed E-state index contributed by atoms with van der Waals surface area (Å²) < 4.78 is 5.25. The third kappa shape index (κ3) is 17.6. The van der Waals surface area contributed by atoms with Crippen molar-refractivity contribution in [3.8, 4) is 12.3 Å². The lowest BCUT2D eigenvalue weighted by Crippen LogP contribution is -2.36. The minimum absolute atomic E-state index is 0.126. The van der Waals surface area contributed by atoms with Crippen LogP contribution in [0.5, 0.6) is 0 Å². The highest BCUT2D eigenvalue weighted by atomic mass is 32.2. The van der Waals surface area contributed by atoms with Crippen molar-refractivity contribution in [3.63, 3.8) is 0 Å². The molecular formula is C45H72N10O4S2. The van der Waals surface area contributed by atoms with Crippen LogP contribution >= 0.6 is 23.5 Å². The second-order valence-electron chi connectivity index (χ2n) is 16.8. The van der Waals surface area contributed by atoms with Gasteiger partial charge in [-0.05, 0) is 82.2 Å². The Morgan fingerprint density at radius 1 is 0.689 bits per heavy atom. The average Bonchev–Trinajstić information content (AvgIpc) is 4.02. The molecule has 0 radical (unpaired) electrons. The molecule has 6 atom stereocenters. The molecule has 4 aliphatic rings. The first kappa shape index (κ1) is 48.4. The summed E-state index contributed by atoms with van der Waals surface area (Å²) in [4.78, 5) is 40.0. The number of carbonyl (C=O) groups excluding carboxylic acids is 3. The van der Waals surface area contributed by atoms with Crippen LogP contribution in [0.3, 0.4) is 0 Å². The number of terminal acetylenes is 1. The van der Waals surface area contributed by atoms with E-state index in [4.69, 9.17) is 22.0 Å². The first-order valence-corrected chi connectivity index (χ1v) is 25.0. The number of hydrogen-bond donors (Lipinski definition) is 9. The molecule has 338 valence electrons. The zero-order valence-corrected chi connectivity index (χ0v) is 37.8. The van der Waals surface area contributed by atoms with Gasteiger partial charge >= 0.3 is 0 Å². The Kier molecular flexibility index (Phi) is 21.7. The molecule has 5 rings (SSSR count). The molecule has 4 saturated heterocycles. The van der Waals surface area contributed by atoms with Crippen LogP contribution in [-0.4, -0.2) is 127 Å². The maximum absolute atomic E-state index is 12.6. The Bertz CT molecular complexity index is 1500. The monoisotopic (exact) mass is 881 g/mol. The van der Waals surface area contributed by atoms with Gasteiger partial charge in [0, 0.05) is 66.6 Å². The summed E-state index contributed by atoms with van der Waals surface area (Å²) in [6, 6.07) is 9.30. The molecule has 9 N–H and O–H groups in total. The minimum atomic E-state index is -0.126. The molecule has 16 heteroatoms. The molecule has 4 fully saturated rings. The molecule has 4 heterocycles. The van der Waals surface area contributed by atoms with Crippen molar-refractivity contribution < 1.29 is 19.1 Å².